The van der Waals surface area contributed by atoms with Crippen LogP contribution in [-0.4, -0.2) is 8.11 Å². The van der Waals surface area contributed by atoms with E-state index in [0.29, 0.717) is 19.3 Å². The molecule has 0 aromatic rings. The molecule has 10 fully saturated rings. The van der Waals surface area contributed by atoms with Crippen LogP contribution in [-0.2, 0) is 24.8 Å². The summed E-state index contributed by atoms with van der Waals surface area (Å²) >= 11 is 0. The topological polar surface area (TPSA) is 68.3 Å². The fraction of sp³-hybridized carbons (Fsp3) is 1.00. The molecule has 10 heterocycles. The Labute approximate surface area is 86.8 Å². The van der Waals surface area contributed by atoms with Crippen LogP contribution in [0.2, 0.25) is 38.5 Å². The molecule has 10 rings (SSSR count). The van der Waals surface area contributed by atoms with Gasteiger partial charge in [-0.3, -0.25) is 0 Å². The second-order valence-corrected chi connectivity index (χ2v) is 36.7. The van der Waals surface area contributed by atoms with Crippen LogP contribution in [0, 0.1) is 0 Å². The third kappa shape index (κ3) is 0.0589. The van der Waals surface area contributed by atoms with Gasteiger partial charge in [-0.1, -0.05) is 0 Å². The fourth-order valence-corrected chi connectivity index (χ4v) is 114. The summed E-state index contributed by atoms with van der Waals surface area (Å²) in [4.78, 5) is 4.96. The average Bonchev–Trinajstić information content (AvgIpc) is 3.22. The van der Waals surface area contributed by atoms with Gasteiger partial charge in [0.15, 0.2) is 0 Å². The van der Waals surface area contributed by atoms with Crippen LogP contribution in [0.15, 0.2) is 0 Å². The first-order valence-electron chi connectivity index (χ1n) is 6.32. The van der Waals surface area contributed by atoms with Gasteiger partial charge in [0, 0.05) is 0 Å². The van der Waals surface area contributed by atoms with E-state index in [0.717, 1.165) is 19.3 Å². The standard InChI is InChI=1S/2C5H4O2P.Fe/c2*6-8(7)5-3-1-2-4-5;/h2*1-4H;. The molecule has 8 unspecified atom stereocenters. The van der Waals surface area contributed by atoms with E-state index in [1.165, 1.54) is 0 Å². The van der Waals surface area contributed by atoms with Gasteiger partial charge in [-0.25, -0.2) is 0 Å². The molecule has 10 saturated heterocycles. The Morgan fingerprint density at radius 2 is 0.941 bits per heavy atom. The van der Waals surface area contributed by atoms with Gasteiger partial charge in [0.1, 0.15) is 0 Å². The van der Waals surface area contributed by atoms with Gasteiger partial charge in [0.05, 0.1) is 0 Å². The second-order valence-electron chi connectivity index (χ2n) is 10.2. The van der Waals surface area contributed by atoms with Crippen molar-refractivity contribution in [3.8, 4) is 0 Å². The van der Waals surface area contributed by atoms with Crippen molar-refractivity contribution < 1.29 is 24.8 Å². The molecule has 10 aliphatic heterocycles. The predicted octanol–water partition coefficient (Wildman–Crippen LogP) is 3.54. The molecule has 0 amide bonds. The molecule has 0 N–H and O–H groups in total. The quantitative estimate of drug-likeness (QED) is 0.578. The summed E-state index contributed by atoms with van der Waals surface area (Å²) in [5, 5.41) is 0. The number of hydrogen-bond donors (Lipinski definition) is 0. The van der Waals surface area contributed by atoms with Crippen LogP contribution in [0.4, 0.5) is 0 Å². The van der Waals surface area contributed by atoms with Gasteiger partial charge < -0.3 is 0 Å². The van der Waals surface area contributed by atoms with Crippen LogP contribution < -0.4 is 0 Å². The third-order valence-electron chi connectivity index (χ3n) is 15.2. The van der Waals surface area contributed by atoms with Crippen molar-refractivity contribution in [3.63, 3.8) is 0 Å². The maximum absolute atomic E-state index is 12.0. The van der Waals surface area contributed by atoms with Crippen LogP contribution in [0.3, 0.4) is 0 Å². The molecule has 8 atom stereocenters. The maximum atomic E-state index is 12.0. The molecular weight excluding hydrogens is 302 g/mol. The van der Waals surface area contributed by atoms with Crippen molar-refractivity contribution in [1.29, 1.82) is 0 Å². The molecule has 0 saturated carbocycles. The molecule has 0 aromatic heterocycles. The van der Waals surface area contributed by atoms with Crippen LogP contribution in [0.5, 0.6) is 0 Å². The van der Waals surface area contributed by atoms with Crippen molar-refractivity contribution in [2.75, 3.05) is 0 Å². The molecule has 0 aromatic carbocycles. The van der Waals surface area contributed by atoms with Crippen molar-refractivity contribution >= 4 is 15.4 Å². The second kappa shape index (κ2) is 0.502. The summed E-state index contributed by atoms with van der Waals surface area (Å²) < 4.78 is 47.4. The van der Waals surface area contributed by atoms with Gasteiger partial charge in [0.2, 0.25) is 0 Å². The first-order valence-corrected chi connectivity index (χ1v) is 14.9. The van der Waals surface area contributed by atoms with E-state index in [4.69, 9.17) is 0 Å². The molecule has 1 spiro atoms. The molecule has 17 heavy (non-hydrogen) atoms. The van der Waals surface area contributed by atoms with Crippen LogP contribution in [0.25, 0.3) is 0 Å². The van der Waals surface area contributed by atoms with E-state index in [1.807, 2.05) is 0 Å². The van der Waals surface area contributed by atoms with Crippen molar-refractivity contribution in [3.05, 3.63) is 0 Å². The Morgan fingerprint density at radius 1 is 0.647 bits per heavy atom. The van der Waals surface area contributed by atoms with E-state index < -0.39 is 21.9 Å². The number of rotatable bonds is 2. The van der Waals surface area contributed by atoms with Crippen LogP contribution >= 0.6 is 15.4 Å². The first-order chi connectivity index (χ1) is 7.82. The van der Waals surface area contributed by atoms with Gasteiger partial charge in [-0.05, 0) is 0 Å². The summed E-state index contributed by atoms with van der Waals surface area (Å²) in [6.45, 7) is -4.09. The van der Waals surface area contributed by atoms with E-state index >= 15 is 0 Å². The van der Waals surface area contributed by atoms with Gasteiger partial charge in [0.25, 0.3) is 0 Å². The zero-order valence-corrected chi connectivity index (χ0v) is 11.4. The molecule has 0 radical (unpaired) electrons. The van der Waals surface area contributed by atoms with Crippen LogP contribution in [0.1, 0.15) is 0 Å². The first kappa shape index (κ1) is 6.66. The van der Waals surface area contributed by atoms with E-state index in [-0.39, 0.29) is 8.11 Å². The Kier molecular flexibility index (Phi) is 0.197. The van der Waals surface area contributed by atoms with E-state index in [9.17, 15) is 18.3 Å². The molecule has 7 heteroatoms. The normalized spacial score (nSPS) is 123. The minimum atomic E-state index is -4.09. The molecule has 90 valence electrons. The van der Waals surface area contributed by atoms with Crippen molar-refractivity contribution in [2.24, 2.45) is 0 Å². The monoisotopic (exact) mass is 310 g/mol. The van der Waals surface area contributed by atoms with Crippen molar-refractivity contribution in [2.45, 2.75) is 46.6 Å². The van der Waals surface area contributed by atoms with E-state index in [1.54, 1.807) is 0 Å². The number of fused-ring (bicyclic) bond motifs is 10. The average molecular weight is 310 g/mol. The summed E-state index contributed by atoms with van der Waals surface area (Å²) in [6, 6.07) is 0. The zero-order valence-electron chi connectivity index (χ0n) is 8.50. The summed E-state index contributed by atoms with van der Waals surface area (Å²) in [6.07, 6.45) is 0. The Bertz CT molecular complexity index is 1100. The Morgan fingerprint density at radius 3 is 1.06 bits per heavy atom. The Hall–Kier alpha value is 0.319. The zero-order chi connectivity index (χ0) is 11.1. The van der Waals surface area contributed by atoms with Gasteiger partial charge in [-0.15, -0.1) is 0 Å². The van der Waals surface area contributed by atoms with E-state index in [2.05, 4.69) is 0 Å². The fourth-order valence-electron chi connectivity index (χ4n) is 17.3. The minimum absolute atomic E-state index is 0.293. The summed E-state index contributed by atoms with van der Waals surface area (Å²) in [5.41, 5.74) is 0. The SMILES string of the molecule is O=P(=O)[C]12[CH]3[CH]4[CH]5[CH]1[Fe]45321678[CH]2[CH]1[CH]6[C]7(P(=O)=O)[CH]28. The van der Waals surface area contributed by atoms with Gasteiger partial charge in [-0.2, -0.15) is 0 Å². The molecule has 4 nitrogen and oxygen atoms in total. The Balaban J connectivity index is 1.85. The molecule has 0 aliphatic carbocycles. The molecular formula is C10H8FeO4P2. The predicted molar refractivity (Wildman–Crippen MR) is 52.0 cm³/mol. The summed E-state index contributed by atoms with van der Waals surface area (Å²) in [7, 11) is -4.68. The number of hydrogen-bond acceptors (Lipinski definition) is 4. The molecule has 10 aliphatic rings. The molecule has 0 bridgehead atoms. The van der Waals surface area contributed by atoms with Gasteiger partial charge >= 0.3 is 86.8 Å². The van der Waals surface area contributed by atoms with Crippen molar-refractivity contribution in [1.82, 2.24) is 0 Å². The summed E-state index contributed by atoms with van der Waals surface area (Å²) in [5.74, 6) is 0. The third-order valence-corrected chi connectivity index (χ3v) is 68.1.